The number of carbonyl (C=O) groups is 2. The van der Waals surface area contributed by atoms with Crippen LogP contribution in [-0.4, -0.2) is 30.5 Å². The third kappa shape index (κ3) is 4.62. The third-order valence-electron chi connectivity index (χ3n) is 3.63. The predicted octanol–water partition coefficient (Wildman–Crippen LogP) is 2.56. The van der Waals surface area contributed by atoms with Crippen LogP contribution >= 0.6 is 0 Å². The number of aromatic amines is 1. The summed E-state index contributed by atoms with van der Waals surface area (Å²) in [6.45, 7) is 0.641. The molecule has 0 saturated heterocycles. The summed E-state index contributed by atoms with van der Waals surface area (Å²) in [4.78, 5) is 26.1. The van der Waals surface area contributed by atoms with Gasteiger partial charge in [-0.2, -0.15) is 0 Å². The highest BCUT2D eigenvalue weighted by atomic mass is 16.5. The molecular weight excluding hydrogens is 280 g/mol. The molecule has 0 fully saturated rings. The van der Waals surface area contributed by atoms with E-state index in [0.29, 0.717) is 19.4 Å². The van der Waals surface area contributed by atoms with E-state index in [1.54, 1.807) is 0 Å². The lowest BCUT2D eigenvalue weighted by Gasteiger charge is -2.05. The van der Waals surface area contributed by atoms with Crippen LogP contribution in [0, 0.1) is 0 Å². The number of carbonyl (C=O) groups excluding carboxylic acids is 2. The fourth-order valence-corrected chi connectivity index (χ4v) is 2.41. The fraction of sp³-hybridized carbons (Fsp3) is 0.412. The van der Waals surface area contributed by atoms with E-state index >= 15 is 0 Å². The number of amides is 1. The zero-order chi connectivity index (χ0) is 15.8. The van der Waals surface area contributed by atoms with Crippen molar-refractivity contribution in [3.63, 3.8) is 0 Å². The molecule has 0 aliphatic carbocycles. The number of H-pyrrole nitrogens is 1. The third-order valence-corrected chi connectivity index (χ3v) is 3.63. The SMILES string of the molecule is COC(=O)CCCCCNC(=O)Cc1c[nH]c2ccccc12. The van der Waals surface area contributed by atoms with Crippen LogP contribution in [0.4, 0.5) is 0 Å². The number of para-hydroxylation sites is 1. The number of hydrogen-bond donors (Lipinski definition) is 2. The molecule has 1 aromatic carbocycles. The van der Waals surface area contributed by atoms with Crippen LogP contribution in [0.1, 0.15) is 31.2 Å². The number of rotatable bonds is 8. The first-order valence-corrected chi connectivity index (χ1v) is 7.59. The second kappa shape index (κ2) is 8.22. The van der Waals surface area contributed by atoms with Crippen LogP contribution < -0.4 is 5.32 Å². The molecule has 0 bridgehead atoms. The minimum absolute atomic E-state index is 0.0257. The Labute approximate surface area is 130 Å². The van der Waals surface area contributed by atoms with Gasteiger partial charge in [0.15, 0.2) is 0 Å². The molecule has 1 heterocycles. The number of fused-ring (bicyclic) bond motifs is 1. The van der Waals surface area contributed by atoms with E-state index < -0.39 is 0 Å². The average Bonchev–Trinajstić information content (AvgIpc) is 2.93. The molecule has 0 radical (unpaired) electrons. The molecular formula is C17H22N2O3. The monoisotopic (exact) mass is 302 g/mol. The summed E-state index contributed by atoms with van der Waals surface area (Å²) < 4.78 is 4.58. The molecule has 2 N–H and O–H groups in total. The van der Waals surface area contributed by atoms with E-state index in [2.05, 4.69) is 15.0 Å². The first-order chi connectivity index (χ1) is 10.7. The summed E-state index contributed by atoms with van der Waals surface area (Å²) in [5.41, 5.74) is 2.06. The molecule has 2 rings (SSSR count). The number of benzene rings is 1. The maximum absolute atomic E-state index is 11.9. The predicted molar refractivity (Wildman–Crippen MR) is 85.5 cm³/mol. The highest BCUT2D eigenvalue weighted by Gasteiger charge is 2.08. The van der Waals surface area contributed by atoms with E-state index in [0.717, 1.165) is 35.7 Å². The van der Waals surface area contributed by atoms with Crippen LogP contribution in [-0.2, 0) is 20.7 Å². The number of nitrogens with one attached hydrogen (secondary N) is 2. The van der Waals surface area contributed by atoms with Crippen LogP contribution in [0.5, 0.6) is 0 Å². The Kier molecular flexibility index (Phi) is 6.01. The maximum Gasteiger partial charge on any atom is 0.305 e. The molecule has 5 heteroatoms. The molecule has 0 unspecified atom stereocenters. The van der Waals surface area contributed by atoms with Gasteiger partial charge < -0.3 is 15.0 Å². The summed E-state index contributed by atoms with van der Waals surface area (Å²) >= 11 is 0. The Morgan fingerprint density at radius 1 is 1.18 bits per heavy atom. The number of unbranched alkanes of at least 4 members (excludes halogenated alkanes) is 2. The smallest absolute Gasteiger partial charge is 0.305 e. The van der Waals surface area contributed by atoms with E-state index in [1.807, 2.05) is 30.5 Å². The molecule has 22 heavy (non-hydrogen) atoms. The van der Waals surface area contributed by atoms with Gasteiger partial charge >= 0.3 is 5.97 Å². The maximum atomic E-state index is 11.9. The van der Waals surface area contributed by atoms with Crippen LogP contribution in [0.2, 0.25) is 0 Å². The van der Waals surface area contributed by atoms with Gasteiger partial charge in [-0.15, -0.1) is 0 Å². The van der Waals surface area contributed by atoms with Crippen molar-refractivity contribution in [1.29, 1.82) is 0 Å². The van der Waals surface area contributed by atoms with Crippen LogP contribution in [0.25, 0.3) is 10.9 Å². The van der Waals surface area contributed by atoms with Crippen molar-refractivity contribution in [1.82, 2.24) is 10.3 Å². The Bertz CT molecular complexity index is 634. The molecule has 2 aromatic rings. The molecule has 0 aliphatic rings. The summed E-state index contributed by atoms with van der Waals surface area (Å²) in [6.07, 6.45) is 5.29. The molecule has 1 aromatic heterocycles. The quantitative estimate of drug-likeness (QED) is 0.581. The van der Waals surface area contributed by atoms with Crippen molar-refractivity contribution in [2.75, 3.05) is 13.7 Å². The standard InChI is InChI=1S/C17H22N2O3/c1-22-17(21)9-3-2-6-10-18-16(20)11-13-12-19-15-8-5-4-7-14(13)15/h4-5,7-8,12,19H,2-3,6,9-11H2,1H3,(H,18,20). The van der Waals surface area contributed by atoms with Gasteiger partial charge in [-0.1, -0.05) is 24.6 Å². The van der Waals surface area contributed by atoms with E-state index in [4.69, 9.17) is 0 Å². The second-order valence-electron chi connectivity index (χ2n) is 5.27. The van der Waals surface area contributed by atoms with E-state index in [-0.39, 0.29) is 11.9 Å². The molecule has 1 amide bonds. The number of aromatic nitrogens is 1. The normalized spacial score (nSPS) is 10.6. The molecule has 0 aliphatic heterocycles. The molecule has 0 spiro atoms. The van der Waals surface area contributed by atoms with Crippen molar-refractivity contribution in [3.05, 3.63) is 36.0 Å². The highest BCUT2D eigenvalue weighted by Crippen LogP contribution is 2.17. The van der Waals surface area contributed by atoms with Crippen LogP contribution in [0.15, 0.2) is 30.5 Å². The average molecular weight is 302 g/mol. The van der Waals surface area contributed by atoms with Crippen molar-refractivity contribution >= 4 is 22.8 Å². The lowest BCUT2D eigenvalue weighted by Crippen LogP contribution is -2.26. The zero-order valence-electron chi connectivity index (χ0n) is 12.9. The second-order valence-corrected chi connectivity index (χ2v) is 5.27. The highest BCUT2D eigenvalue weighted by molar-refractivity contribution is 5.88. The van der Waals surface area contributed by atoms with Crippen molar-refractivity contribution < 1.29 is 14.3 Å². The minimum Gasteiger partial charge on any atom is -0.469 e. The first kappa shape index (κ1) is 16.1. The van der Waals surface area contributed by atoms with Gasteiger partial charge in [0.1, 0.15) is 0 Å². The zero-order valence-corrected chi connectivity index (χ0v) is 12.9. The number of hydrogen-bond acceptors (Lipinski definition) is 3. The summed E-state index contributed by atoms with van der Waals surface area (Å²) in [5, 5.41) is 4.01. The van der Waals surface area contributed by atoms with E-state index in [1.165, 1.54) is 7.11 Å². The topological polar surface area (TPSA) is 71.2 Å². The van der Waals surface area contributed by atoms with Gasteiger partial charge in [0.05, 0.1) is 13.5 Å². The van der Waals surface area contributed by atoms with E-state index in [9.17, 15) is 9.59 Å². The number of methoxy groups -OCH3 is 1. The Morgan fingerprint density at radius 3 is 2.82 bits per heavy atom. The first-order valence-electron chi connectivity index (χ1n) is 7.59. The molecule has 0 saturated carbocycles. The van der Waals surface area contributed by atoms with Gasteiger partial charge in [0.2, 0.25) is 5.91 Å². The summed E-state index contributed by atoms with van der Waals surface area (Å²) in [7, 11) is 1.40. The van der Waals surface area contributed by atoms with Gasteiger partial charge in [0, 0.05) is 30.1 Å². The molecule has 0 atom stereocenters. The van der Waals surface area contributed by atoms with Crippen molar-refractivity contribution in [2.24, 2.45) is 0 Å². The molecule has 5 nitrogen and oxygen atoms in total. The minimum atomic E-state index is -0.177. The van der Waals surface area contributed by atoms with Gasteiger partial charge in [0.25, 0.3) is 0 Å². The van der Waals surface area contributed by atoms with Gasteiger partial charge in [-0.25, -0.2) is 0 Å². The summed E-state index contributed by atoms with van der Waals surface area (Å²) in [6, 6.07) is 7.95. The van der Waals surface area contributed by atoms with Crippen LogP contribution in [0.3, 0.4) is 0 Å². The number of ether oxygens (including phenoxy) is 1. The Hall–Kier alpha value is -2.30. The van der Waals surface area contributed by atoms with Crippen molar-refractivity contribution in [2.45, 2.75) is 32.1 Å². The van der Waals surface area contributed by atoms with Gasteiger partial charge in [-0.3, -0.25) is 9.59 Å². The summed E-state index contributed by atoms with van der Waals surface area (Å²) in [5.74, 6) is -0.152. The largest absolute Gasteiger partial charge is 0.469 e. The lowest BCUT2D eigenvalue weighted by molar-refractivity contribution is -0.140. The fourth-order valence-electron chi connectivity index (χ4n) is 2.41. The van der Waals surface area contributed by atoms with Gasteiger partial charge in [-0.05, 0) is 24.5 Å². The molecule has 118 valence electrons. The Morgan fingerprint density at radius 2 is 2.00 bits per heavy atom. The van der Waals surface area contributed by atoms with Crippen molar-refractivity contribution in [3.8, 4) is 0 Å². The Balaban J connectivity index is 1.67. The number of esters is 1. The lowest BCUT2D eigenvalue weighted by atomic mass is 10.1.